The van der Waals surface area contributed by atoms with Crippen LogP contribution in [-0.2, 0) is 74.0 Å². The summed E-state index contributed by atoms with van der Waals surface area (Å²) >= 11 is 71.3. The molecule has 3 amide bonds. The Morgan fingerprint density at radius 2 is 0.838 bits per heavy atom. The van der Waals surface area contributed by atoms with E-state index >= 15 is 0 Å². The van der Waals surface area contributed by atoms with E-state index in [0.29, 0.717) is 17.0 Å². The number of anilines is 2. The zero-order chi connectivity index (χ0) is 73.7. The van der Waals surface area contributed by atoms with Gasteiger partial charge in [-0.2, -0.15) is 0 Å². The van der Waals surface area contributed by atoms with Gasteiger partial charge in [0.15, 0.2) is 11.4 Å². The number of aromatic nitrogens is 6. The summed E-state index contributed by atoms with van der Waals surface area (Å²) in [5, 5.41) is 8.46. The Labute approximate surface area is 655 Å². The van der Waals surface area contributed by atoms with Crippen LogP contribution in [0.3, 0.4) is 0 Å². The van der Waals surface area contributed by atoms with Crippen LogP contribution in [0.15, 0.2) is 122 Å². The van der Waals surface area contributed by atoms with Crippen LogP contribution in [-0.4, -0.2) is 142 Å². The van der Waals surface area contributed by atoms with E-state index in [1.54, 1.807) is 67.3 Å². The zero-order valence-electron chi connectivity index (χ0n) is 49.9. The monoisotopic (exact) mass is 1820 g/mol. The van der Waals surface area contributed by atoms with E-state index in [0.717, 1.165) is 49.8 Å². The Morgan fingerprint density at radius 3 is 1.15 bits per heavy atom. The van der Waals surface area contributed by atoms with Crippen LogP contribution in [0.2, 0.25) is 0 Å². The van der Waals surface area contributed by atoms with E-state index < -0.39 is 84.8 Å². The Hall–Kier alpha value is -2.69. The summed E-state index contributed by atoms with van der Waals surface area (Å²) in [6.07, 6.45) is 5.67. The Kier molecular flexibility index (Phi) is 36.7. The molecule has 99 heavy (non-hydrogen) atoms. The number of hydrogen-bond acceptors (Lipinski definition) is 16. The van der Waals surface area contributed by atoms with Crippen LogP contribution in [0.25, 0.3) is 66.8 Å². The third-order valence-corrected chi connectivity index (χ3v) is 16.9. The predicted molar refractivity (Wildman–Crippen MR) is 397 cm³/mol. The van der Waals surface area contributed by atoms with E-state index in [1.807, 2.05) is 24.3 Å². The third kappa shape index (κ3) is 37.7. The first-order chi connectivity index (χ1) is 45.1. The Balaban J connectivity index is 0.000000359. The molecular formula is C53H51Cl15F2N12O11PS4Zn-. The van der Waals surface area contributed by atoms with Gasteiger partial charge in [-0.15, -0.1) is 0 Å². The van der Waals surface area contributed by atoms with Gasteiger partial charge in [-0.3, -0.25) is 38.0 Å². The predicted octanol–water partition coefficient (Wildman–Crippen LogP) is 14.7. The molecule has 9 N–H and O–H groups in total. The van der Waals surface area contributed by atoms with Gasteiger partial charge >= 0.3 is 59.6 Å². The minimum atomic E-state index is -3.85. The molecule has 0 aliphatic heterocycles. The largest absolute Gasteiger partial charge is 0.772 e. The molecule has 8 aromatic rings. The molecule has 6 aromatic heterocycles. The van der Waals surface area contributed by atoms with Crippen molar-refractivity contribution < 1.29 is 76.7 Å². The maximum absolute atomic E-state index is 13.5. The number of benzene rings is 2. The average molecular weight is 1830 g/mol. The quantitative estimate of drug-likeness (QED) is 0.0103. The molecule has 46 heteroatoms. The number of H-pyrrole nitrogens is 2. The molecular weight excluding hydrogens is 1780 g/mol. The van der Waals surface area contributed by atoms with Gasteiger partial charge in [0.2, 0.25) is 46.8 Å². The fraction of sp³-hybridized carbons (Fsp3) is 0.264. The van der Waals surface area contributed by atoms with Gasteiger partial charge in [0.1, 0.15) is 34.6 Å². The first-order valence-corrected chi connectivity index (χ1v) is 44.0. The first kappa shape index (κ1) is 90.5. The van der Waals surface area contributed by atoms with Crippen molar-refractivity contribution in [3.63, 3.8) is 0 Å². The fourth-order valence-corrected chi connectivity index (χ4v) is 11.5. The van der Waals surface area contributed by atoms with Gasteiger partial charge < -0.3 is 36.2 Å². The second-order valence-electron chi connectivity index (χ2n) is 19.4. The van der Waals surface area contributed by atoms with Gasteiger partial charge in [-0.1, -0.05) is 115 Å². The molecule has 0 bridgehead atoms. The molecule has 2 aromatic carbocycles. The molecule has 540 valence electrons. The molecule has 0 saturated carbocycles. The second kappa shape index (κ2) is 40.2. The van der Waals surface area contributed by atoms with Crippen molar-refractivity contribution in [3.8, 4) is 44.8 Å². The van der Waals surface area contributed by atoms with Crippen molar-refractivity contribution in [1.29, 1.82) is 0 Å². The molecule has 8 rings (SSSR count). The van der Waals surface area contributed by atoms with Crippen molar-refractivity contribution in [1.82, 2.24) is 45.9 Å². The number of carbonyl (C=O) groups is 3. The molecule has 0 spiro atoms. The minimum absolute atomic E-state index is 0. The van der Waals surface area contributed by atoms with Crippen molar-refractivity contribution in [2.45, 2.75) is 30.6 Å². The van der Waals surface area contributed by atoms with E-state index in [2.05, 4.69) is 55.3 Å². The summed E-state index contributed by atoms with van der Waals surface area (Å²) in [6.45, 7) is -0.247. The number of alkyl halides is 9. The number of halogens is 17. The Morgan fingerprint density at radius 1 is 0.515 bits per heavy atom. The molecule has 0 aliphatic carbocycles. The molecule has 6 heterocycles. The SMILES string of the molecule is ClP(Cl)(Cl)(Cl)Cl.NCCS(=O)(=O)Nc1ccc2c(-c3ccncc3)c(-c3ccc(F)cc3)[nH]c2n1.O=C(CC(Cl)(Cl)Cl)NCCS(=O)(=O)Cl.O=C(CC(Cl)(Cl)Cl)NCCS(=O)(=O)Nc1ccc2c(-c3ccncc3)c(-c3ccc(F)cc3)[nH]c2n1.O=C(CC(Cl)(Cl)Cl)NCCS(=O)[O-].[Zn]. The van der Waals surface area contributed by atoms with Gasteiger partial charge in [-0.25, -0.2) is 44.0 Å². The topological polar surface area (TPSA) is 363 Å². The number of amides is 3. The fourth-order valence-electron chi connectivity index (χ4n) is 7.78. The smallest absolute Gasteiger partial charge is 0.235 e. The molecule has 23 nitrogen and oxygen atoms in total. The third-order valence-electron chi connectivity index (χ3n) is 11.5. The summed E-state index contributed by atoms with van der Waals surface area (Å²) in [5.74, 6) is -3.16. The molecule has 1 unspecified atom stereocenters. The number of nitrogens with zero attached hydrogens (tertiary/aromatic N) is 4. The minimum Gasteiger partial charge on any atom is -0.772 e. The molecule has 0 aliphatic rings. The number of sulfonamides is 2. The summed E-state index contributed by atoms with van der Waals surface area (Å²) < 4.78 is 113. The number of carbonyl (C=O) groups excluding carboxylic acids is 3. The van der Waals surface area contributed by atoms with E-state index in [1.165, 1.54) is 30.3 Å². The van der Waals surface area contributed by atoms with Crippen LogP contribution in [0.1, 0.15) is 19.3 Å². The summed E-state index contributed by atoms with van der Waals surface area (Å²) in [5.41, 5.74) is 12.7. The van der Waals surface area contributed by atoms with Crippen molar-refractivity contribution in [2.75, 3.05) is 58.6 Å². The summed E-state index contributed by atoms with van der Waals surface area (Å²) in [4.78, 5) is 57.0. The maximum Gasteiger partial charge on any atom is 0.235 e. The van der Waals surface area contributed by atoms with Gasteiger partial charge in [0.25, 0.3) is 0 Å². The summed E-state index contributed by atoms with van der Waals surface area (Å²) in [6, 6.07) is 26.2. The van der Waals surface area contributed by atoms with E-state index in [9.17, 15) is 57.2 Å². The first-order valence-electron chi connectivity index (χ1n) is 26.8. The Bertz CT molecular complexity index is 4370. The number of aromatic amines is 2. The number of nitrogens with one attached hydrogen (secondary N) is 7. The summed E-state index contributed by atoms with van der Waals surface area (Å²) in [7, 11) is -6.12. The van der Waals surface area contributed by atoms with E-state index in [4.69, 9.17) is 177 Å². The van der Waals surface area contributed by atoms with Crippen molar-refractivity contribution in [2.24, 2.45) is 5.73 Å². The van der Waals surface area contributed by atoms with Crippen LogP contribution < -0.4 is 31.1 Å². The molecule has 0 radical (unpaired) electrons. The van der Waals surface area contributed by atoms with E-state index in [-0.39, 0.29) is 99.0 Å². The molecule has 0 saturated heterocycles. The van der Waals surface area contributed by atoms with Crippen LogP contribution in [0, 0.1) is 11.6 Å². The van der Waals surface area contributed by atoms with Gasteiger partial charge in [0, 0.05) is 109 Å². The average Bonchev–Trinajstić information content (AvgIpc) is 1.63. The maximum atomic E-state index is 13.5. The number of pyridine rings is 4. The van der Waals surface area contributed by atoms with Gasteiger partial charge in [-0.05, 0) is 119 Å². The van der Waals surface area contributed by atoms with Crippen molar-refractivity contribution in [3.05, 3.63) is 133 Å². The van der Waals surface area contributed by atoms with Crippen LogP contribution in [0.5, 0.6) is 0 Å². The number of nitrogens with two attached hydrogens (primary N) is 1. The second-order valence-corrected chi connectivity index (χ2v) is 51.1. The van der Waals surface area contributed by atoms with Crippen molar-refractivity contribution >= 4 is 266 Å². The van der Waals surface area contributed by atoms with Crippen LogP contribution >= 0.6 is 175 Å². The zero-order valence-corrected chi connectivity index (χ0v) is 68.4. The number of rotatable bonds is 22. The normalized spacial score (nSPS) is 12.5. The number of hydrogen-bond donors (Lipinski definition) is 8. The van der Waals surface area contributed by atoms with Crippen LogP contribution in [0.4, 0.5) is 20.4 Å². The number of fused-ring (bicyclic) bond motifs is 2. The molecule has 1 atom stereocenters. The standard InChI is InChI=1S/C23H19Cl3FN5O3S.C20H18FN5O2S.C5H7Cl4NO3S.C5H8Cl3NO3S.Cl5P.Zn/c24-23(25,26)13-19(33)29-11-12-36(34,35)32-18-6-5-17-20(14-7-9-28-10-8-14)21(31-22(17)30-18)15-1-3-16(27)4-2-15;21-15-3-1-14(2-4-15)19-18(13-7-10-23-11-8-13)16-5-6-17(24-20(16)25-19)26-29(27,28)12-9-22;6-5(7,8)3-4(11)10-1-2-14(9,12)13;6-5(7,8)3-4(10)9-1-2-13(11)12;1-6(2,3,4)5;/h1-10H,11-13H2,(H,29,33)(H2,30,31,32);1-8,10-11H,9,12,22H2,(H2,24,25,26);1-3H2,(H,10,11);1-3H2,(H,9,10)(H,11,12);;/p-1. The van der Waals surface area contributed by atoms with Gasteiger partial charge in [0.05, 0.1) is 47.9 Å². The molecule has 0 fully saturated rings.